The standard InChI is InChI=1S/C25H31Cl3N2O3/c1-6-22(25(32)29-12-15(2)3)30(13-19-20(26)8-7-9-21(19)27)23(31)14-33-18-10-16(4)24(28)17(5)11-18/h7-11,15,22H,6,12-14H2,1-5H3,(H,29,32)/t22-/m1/s1. The number of hydrogen-bond acceptors (Lipinski definition) is 3. The zero-order chi connectivity index (χ0) is 24.7. The van der Waals surface area contributed by atoms with Gasteiger partial charge in [-0.1, -0.05) is 61.6 Å². The van der Waals surface area contributed by atoms with Crippen LogP contribution in [0, 0.1) is 19.8 Å². The summed E-state index contributed by atoms with van der Waals surface area (Å²) < 4.78 is 5.79. The minimum atomic E-state index is -0.694. The molecule has 1 atom stereocenters. The number of benzene rings is 2. The molecule has 0 saturated carbocycles. The van der Waals surface area contributed by atoms with Crippen LogP contribution in [0.15, 0.2) is 30.3 Å². The number of nitrogens with one attached hydrogen (secondary N) is 1. The molecular formula is C25H31Cl3N2O3. The molecule has 0 aliphatic rings. The number of aryl methyl sites for hydroxylation is 2. The van der Waals surface area contributed by atoms with E-state index in [0.717, 1.165) is 11.1 Å². The molecule has 2 rings (SSSR count). The zero-order valence-electron chi connectivity index (χ0n) is 19.7. The molecule has 0 bridgehead atoms. The molecule has 0 radical (unpaired) electrons. The second-order valence-corrected chi connectivity index (χ2v) is 9.64. The minimum absolute atomic E-state index is 0.0903. The van der Waals surface area contributed by atoms with E-state index in [2.05, 4.69) is 5.32 Å². The summed E-state index contributed by atoms with van der Waals surface area (Å²) in [6.07, 6.45) is 0.427. The van der Waals surface area contributed by atoms with Gasteiger partial charge in [0.05, 0.1) is 0 Å². The molecule has 0 aliphatic carbocycles. The van der Waals surface area contributed by atoms with Crippen LogP contribution in [0.3, 0.4) is 0 Å². The largest absolute Gasteiger partial charge is 0.484 e. The van der Waals surface area contributed by atoms with Gasteiger partial charge in [0.25, 0.3) is 5.91 Å². The van der Waals surface area contributed by atoms with Crippen LogP contribution in [0.5, 0.6) is 5.75 Å². The van der Waals surface area contributed by atoms with Crippen LogP contribution in [0.1, 0.15) is 43.9 Å². The van der Waals surface area contributed by atoms with E-state index in [4.69, 9.17) is 39.5 Å². The number of rotatable bonds is 10. The molecule has 0 unspecified atom stereocenters. The SMILES string of the molecule is CC[C@H](C(=O)NCC(C)C)N(Cc1c(Cl)cccc1Cl)C(=O)COc1cc(C)c(Cl)c(C)c1. The summed E-state index contributed by atoms with van der Waals surface area (Å²) in [5.41, 5.74) is 2.30. The molecule has 0 aromatic heterocycles. The maximum atomic E-state index is 13.3. The predicted octanol–water partition coefficient (Wildman–Crippen LogP) is 6.22. The van der Waals surface area contributed by atoms with Gasteiger partial charge in [-0.25, -0.2) is 0 Å². The van der Waals surface area contributed by atoms with Gasteiger partial charge in [0.1, 0.15) is 11.8 Å². The molecule has 0 spiro atoms. The molecule has 2 amide bonds. The summed E-state index contributed by atoms with van der Waals surface area (Å²) in [5.74, 6) is 0.257. The average Bonchev–Trinajstić information content (AvgIpc) is 2.75. The molecule has 8 heteroatoms. The molecule has 0 heterocycles. The number of nitrogens with zero attached hydrogens (tertiary/aromatic N) is 1. The second-order valence-electron chi connectivity index (χ2n) is 8.44. The Balaban J connectivity index is 2.30. The van der Waals surface area contributed by atoms with Crippen molar-refractivity contribution in [3.05, 3.63) is 62.1 Å². The number of carbonyl (C=O) groups is 2. The van der Waals surface area contributed by atoms with Crippen LogP contribution < -0.4 is 10.1 Å². The molecule has 180 valence electrons. The monoisotopic (exact) mass is 512 g/mol. The molecule has 0 aliphatic heterocycles. The number of amides is 2. The van der Waals surface area contributed by atoms with Crippen LogP contribution in [0.25, 0.3) is 0 Å². The first-order chi connectivity index (χ1) is 15.5. The molecule has 33 heavy (non-hydrogen) atoms. The molecule has 5 nitrogen and oxygen atoms in total. The molecule has 2 aromatic rings. The number of hydrogen-bond donors (Lipinski definition) is 1. The lowest BCUT2D eigenvalue weighted by Gasteiger charge is -2.31. The Morgan fingerprint density at radius 2 is 1.64 bits per heavy atom. The molecular weight excluding hydrogens is 483 g/mol. The summed E-state index contributed by atoms with van der Waals surface area (Å²) >= 11 is 19.0. The van der Waals surface area contributed by atoms with Crippen LogP contribution in [0.4, 0.5) is 0 Å². The lowest BCUT2D eigenvalue weighted by atomic mass is 10.1. The third-order valence-corrected chi connectivity index (χ3v) is 6.54. The van der Waals surface area contributed by atoms with Crippen molar-refractivity contribution in [2.75, 3.05) is 13.2 Å². The van der Waals surface area contributed by atoms with Gasteiger partial charge in [-0.15, -0.1) is 0 Å². The predicted molar refractivity (Wildman–Crippen MR) is 135 cm³/mol. The van der Waals surface area contributed by atoms with Crippen molar-refractivity contribution in [1.82, 2.24) is 10.2 Å². The summed E-state index contributed by atoms with van der Waals surface area (Å²) in [7, 11) is 0. The quantitative estimate of drug-likeness (QED) is 0.410. The van der Waals surface area contributed by atoms with Gasteiger partial charge >= 0.3 is 0 Å². The molecule has 0 fully saturated rings. The summed E-state index contributed by atoms with van der Waals surface area (Å²) in [6.45, 7) is 10.0. The van der Waals surface area contributed by atoms with E-state index < -0.39 is 6.04 Å². The Hall–Kier alpha value is -1.95. The lowest BCUT2D eigenvalue weighted by molar-refractivity contribution is -0.143. The smallest absolute Gasteiger partial charge is 0.261 e. The summed E-state index contributed by atoms with van der Waals surface area (Å²) in [4.78, 5) is 27.8. The van der Waals surface area contributed by atoms with Crippen molar-refractivity contribution >= 4 is 46.6 Å². The number of ether oxygens (including phenoxy) is 1. The first kappa shape index (κ1) is 27.3. The number of carbonyl (C=O) groups excluding carboxylic acids is 2. The van der Waals surface area contributed by atoms with E-state index >= 15 is 0 Å². The second kappa shape index (κ2) is 12.5. The summed E-state index contributed by atoms with van der Waals surface area (Å²) in [6, 6.07) is 8.03. The topological polar surface area (TPSA) is 58.6 Å². The maximum absolute atomic E-state index is 13.3. The van der Waals surface area contributed by atoms with E-state index in [1.807, 2.05) is 34.6 Å². The van der Waals surface area contributed by atoms with E-state index in [1.165, 1.54) is 4.90 Å². The first-order valence-electron chi connectivity index (χ1n) is 10.9. The van der Waals surface area contributed by atoms with Crippen molar-refractivity contribution in [2.45, 2.75) is 53.6 Å². The Kier molecular flexibility index (Phi) is 10.3. The van der Waals surface area contributed by atoms with Crippen molar-refractivity contribution in [2.24, 2.45) is 5.92 Å². The van der Waals surface area contributed by atoms with Gasteiger partial charge in [0.15, 0.2) is 6.61 Å². The third kappa shape index (κ3) is 7.53. The van der Waals surface area contributed by atoms with Crippen LogP contribution in [-0.2, 0) is 16.1 Å². The van der Waals surface area contributed by atoms with E-state index in [-0.39, 0.29) is 30.9 Å². The van der Waals surface area contributed by atoms with Gasteiger partial charge in [0, 0.05) is 33.7 Å². The Morgan fingerprint density at radius 3 is 2.15 bits per heavy atom. The normalized spacial score (nSPS) is 11.9. The Labute approximate surface area is 211 Å². The van der Waals surface area contributed by atoms with Gasteiger partial charge in [-0.2, -0.15) is 0 Å². The fourth-order valence-corrected chi connectivity index (χ4v) is 4.04. The highest BCUT2D eigenvalue weighted by Crippen LogP contribution is 2.28. The molecule has 2 aromatic carbocycles. The zero-order valence-corrected chi connectivity index (χ0v) is 21.9. The van der Waals surface area contributed by atoms with E-state index in [1.54, 1.807) is 30.3 Å². The average molecular weight is 514 g/mol. The number of halogens is 3. The van der Waals surface area contributed by atoms with Gasteiger partial charge in [-0.05, 0) is 61.6 Å². The van der Waals surface area contributed by atoms with Gasteiger partial charge in [-0.3, -0.25) is 9.59 Å². The van der Waals surface area contributed by atoms with Crippen molar-refractivity contribution < 1.29 is 14.3 Å². The van der Waals surface area contributed by atoms with Crippen LogP contribution in [-0.4, -0.2) is 35.9 Å². The highest BCUT2D eigenvalue weighted by Gasteiger charge is 2.30. The van der Waals surface area contributed by atoms with Crippen molar-refractivity contribution in [1.29, 1.82) is 0 Å². The van der Waals surface area contributed by atoms with E-state index in [9.17, 15) is 9.59 Å². The third-order valence-electron chi connectivity index (χ3n) is 5.23. The minimum Gasteiger partial charge on any atom is -0.484 e. The Morgan fingerprint density at radius 1 is 1.06 bits per heavy atom. The Bertz CT molecular complexity index is 952. The lowest BCUT2D eigenvalue weighted by Crippen LogP contribution is -2.50. The van der Waals surface area contributed by atoms with Gasteiger partial charge in [0.2, 0.25) is 5.91 Å². The highest BCUT2D eigenvalue weighted by molar-refractivity contribution is 6.36. The van der Waals surface area contributed by atoms with Crippen LogP contribution >= 0.6 is 34.8 Å². The molecule has 0 saturated heterocycles. The van der Waals surface area contributed by atoms with Crippen molar-refractivity contribution in [3.8, 4) is 5.75 Å². The van der Waals surface area contributed by atoms with Crippen LogP contribution in [0.2, 0.25) is 15.1 Å². The summed E-state index contributed by atoms with van der Waals surface area (Å²) in [5, 5.41) is 4.45. The maximum Gasteiger partial charge on any atom is 0.261 e. The van der Waals surface area contributed by atoms with E-state index in [0.29, 0.717) is 39.3 Å². The molecule has 1 N–H and O–H groups in total. The highest BCUT2D eigenvalue weighted by atomic mass is 35.5. The fourth-order valence-electron chi connectivity index (χ4n) is 3.41. The fraction of sp³-hybridized carbons (Fsp3) is 0.440. The van der Waals surface area contributed by atoms with Crippen molar-refractivity contribution in [3.63, 3.8) is 0 Å². The van der Waals surface area contributed by atoms with Gasteiger partial charge < -0.3 is 15.0 Å². The first-order valence-corrected chi connectivity index (χ1v) is 12.1.